The van der Waals surface area contributed by atoms with Gasteiger partial charge in [0.2, 0.25) is 12.3 Å². The third-order valence-electron chi connectivity index (χ3n) is 5.47. The largest absolute Gasteiger partial charge is 0.460 e. The van der Waals surface area contributed by atoms with Gasteiger partial charge in [0, 0.05) is 31.1 Å². The van der Waals surface area contributed by atoms with Gasteiger partial charge in [0.1, 0.15) is 23.2 Å². The average Bonchev–Trinajstić information content (AvgIpc) is 3.01. The van der Waals surface area contributed by atoms with E-state index >= 15 is 0 Å². The third-order valence-corrected chi connectivity index (χ3v) is 5.72. The van der Waals surface area contributed by atoms with Crippen molar-refractivity contribution >= 4 is 29.8 Å². The Kier molecular flexibility index (Phi) is 19.5. The number of carbonyl (C=O) groups is 2. The minimum absolute atomic E-state index is 0.196. The Bertz CT molecular complexity index is 1250. The lowest BCUT2D eigenvalue weighted by atomic mass is 10.2. The van der Waals surface area contributed by atoms with Crippen LogP contribution in [0.15, 0.2) is 76.9 Å². The van der Waals surface area contributed by atoms with Crippen molar-refractivity contribution in [1.29, 1.82) is 5.26 Å². The summed E-state index contributed by atoms with van der Waals surface area (Å²) in [5.41, 5.74) is 2.04. The van der Waals surface area contributed by atoms with Crippen molar-refractivity contribution in [2.45, 2.75) is 74.8 Å². The van der Waals surface area contributed by atoms with Crippen molar-refractivity contribution in [3.63, 3.8) is 0 Å². The van der Waals surface area contributed by atoms with Crippen molar-refractivity contribution in [2.24, 2.45) is 4.99 Å². The number of nitrogens with one attached hydrogen (secondary N) is 1. The smallest absolute Gasteiger partial charge is 0.250 e. The van der Waals surface area contributed by atoms with Crippen molar-refractivity contribution in [1.82, 2.24) is 15.1 Å². The summed E-state index contributed by atoms with van der Waals surface area (Å²) >= 11 is 6.00. The number of amides is 2. The molecule has 0 aliphatic rings. The number of nitriles is 1. The molecule has 42 heavy (non-hydrogen) atoms. The molecule has 0 atom stereocenters. The number of benzene rings is 2. The summed E-state index contributed by atoms with van der Waals surface area (Å²) in [4.78, 5) is 32.5. The van der Waals surface area contributed by atoms with Crippen molar-refractivity contribution < 1.29 is 14.3 Å². The molecule has 0 unspecified atom stereocenters. The Morgan fingerprint density at radius 1 is 1.10 bits per heavy atom. The van der Waals surface area contributed by atoms with Crippen LogP contribution in [0.4, 0.5) is 0 Å². The molecule has 0 fully saturated rings. The molecule has 2 aromatic rings. The predicted molar refractivity (Wildman–Crippen MR) is 173 cm³/mol. The monoisotopic (exact) mass is 595 g/mol. The first-order valence-electron chi connectivity index (χ1n) is 14.3. The lowest BCUT2D eigenvalue weighted by molar-refractivity contribution is -0.124. The van der Waals surface area contributed by atoms with Crippen LogP contribution >= 0.6 is 11.6 Å². The van der Waals surface area contributed by atoms with Gasteiger partial charge in [-0.1, -0.05) is 71.3 Å². The molecule has 0 aromatic heterocycles. The number of carbonyl (C=O) groups excluding carboxylic acids is 2. The molecule has 8 nitrogen and oxygen atoms in total. The van der Waals surface area contributed by atoms with Gasteiger partial charge in [0.25, 0.3) is 0 Å². The van der Waals surface area contributed by atoms with Crippen molar-refractivity contribution in [3.05, 3.63) is 88.0 Å². The molecule has 0 bridgehead atoms. The van der Waals surface area contributed by atoms with Gasteiger partial charge in [0.15, 0.2) is 0 Å². The number of ether oxygens (including phenoxy) is 1. The second-order valence-corrected chi connectivity index (χ2v) is 9.02. The Morgan fingerprint density at radius 3 is 2.29 bits per heavy atom. The van der Waals surface area contributed by atoms with E-state index in [0.29, 0.717) is 53.0 Å². The van der Waals surface area contributed by atoms with E-state index < -0.39 is 0 Å². The molecule has 228 valence electrons. The summed E-state index contributed by atoms with van der Waals surface area (Å²) in [6, 6.07) is 16.1. The fourth-order valence-corrected chi connectivity index (χ4v) is 3.66. The molecule has 0 heterocycles. The Balaban J connectivity index is 0.00000402. The first-order chi connectivity index (χ1) is 20.2. The fourth-order valence-electron chi connectivity index (χ4n) is 3.53. The molecular formula is C33H46ClN5O3. The summed E-state index contributed by atoms with van der Waals surface area (Å²) in [7, 11) is 1.71. The lowest BCUT2D eigenvalue weighted by Gasteiger charge is -2.21. The Morgan fingerprint density at radius 2 is 1.74 bits per heavy atom. The van der Waals surface area contributed by atoms with E-state index in [9.17, 15) is 9.59 Å². The number of halogens is 1. The van der Waals surface area contributed by atoms with Crippen LogP contribution in [0.5, 0.6) is 5.75 Å². The minimum atomic E-state index is -0.261. The molecule has 0 aliphatic carbocycles. The van der Waals surface area contributed by atoms with Crippen LogP contribution in [0.3, 0.4) is 0 Å². The molecular weight excluding hydrogens is 550 g/mol. The van der Waals surface area contributed by atoms with Gasteiger partial charge in [-0.15, -0.1) is 0 Å². The predicted octanol–water partition coefficient (Wildman–Crippen LogP) is 7.66. The van der Waals surface area contributed by atoms with E-state index in [1.54, 1.807) is 55.3 Å². The molecule has 0 saturated heterocycles. The van der Waals surface area contributed by atoms with Gasteiger partial charge in [-0.2, -0.15) is 5.26 Å². The normalized spacial score (nSPS) is 11.4. The molecule has 0 aliphatic heterocycles. The van der Waals surface area contributed by atoms with E-state index in [1.807, 2.05) is 60.6 Å². The Labute approximate surface area is 257 Å². The number of nitrogens with zero attached hydrogens (tertiary/aromatic N) is 4. The summed E-state index contributed by atoms with van der Waals surface area (Å²) < 4.78 is 6.01. The van der Waals surface area contributed by atoms with Crippen molar-refractivity contribution in [3.8, 4) is 11.8 Å². The number of rotatable bonds is 12. The number of likely N-dealkylation sites (N-methyl/N-ethyl adjacent to an activating group) is 1. The summed E-state index contributed by atoms with van der Waals surface area (Å²) in [6.45, 7) is 16.3. The number of hydrogen-bond acceptors (Lipinski definition) is 5. The molecule has 0 saturated carbocycles. The standard InChI is InChI=1S/C29H34ClN5O3.2C2H6/c1-6-15-34(5)29(37)17-28(35(20-36)19-23-11-13-25(30)14-12-23)33-22(4)32-21(3)27(7-2)38-26-10-8-9-24(16-26)18-31;2*1-2/h8-14,16-17,20H,6-7,15,19H2,1-5H3,(H,32,33);2*1-2H3/b27-21+,28-17-;;. The highest BCUT2D eigenvalue weighted by atomic mass is 35.5. The van der Waals surface area contributed by atoms with Crippen LogP contribution in [0.2, 0.25) is 5.02 Å². The fraction of sp³-hybridized carbons (Fsp3) is 0.394. The molecule has 2 amide bonds. The first-order valence-corrected chi connectivity index (χ1v) is 14.7. The number of amidine groups is 1. The Hall–Kier alpha value is -4.09. The zero-order chi connectivity index (χ0) is 32.1. The molecule has 2 aromatic carbocycles. The van der Waals surface area contributed by atoms with Crippen LogP contribution in [-0.2, 0) is 16.1 Å². The van der Waals surface area contributed by atoms with E-state index in [1.165, 1.54) is 11.0 Å². The van der Waals surface area contributed by atoms with Gasteiger partial charge in [0.05, 0.1) is 23.9 Å². The summed E-state index contributed by atoms with van der Waals surface area (Å²) in [5, 5.41) is 12.9. The maximum Gasteiger partial charge on any atom is 0.250 e. The highest BCUT2D eigenvalue weighted by molar-refractivity contribution is 6.30. The molecule has 9 heteroatoms. The van der Waals surface area contributed by atoms with Gasteiger partial charge in [-0.3, -0.25) is 14.5 Å². The van der Waals surface area contributed by atoms with Crippen LogP contribution in [0, 0.1) is 11.3 Å². The van der Waals surface area contributed by atoms with Crippen LogP contribution in [0.25, 0.3) is 0 Å². The zero-order valence-corrected chi connectivity index (χ0v) is 27.2. The van der Waals surface area contributed by atoms with Gasteiger partial charge in [-0.25, -0.2) is 4.99 Å². The highest BCUT2D eigenvalue weighted by Gasteiger charge is 2.15. The van der Waals surface area contributed by atoms with Gasteiger partial charge in [-0.05, 0) is 56.2 Å². The van der Waals surface area contributed by atoms with E-state index in [2.05, 4.69) is 16.4 Å². The molecule has 0 radical (unpaired) electrons. The average molecular weight is 596 g/mol. The number of hydrogen-bond donors (Lipinski definition) is 1. The number of aliphatic imine (C=N–C) groups is 1. The van der Waals surface area contributed by atoms with Crippen LogP contribution in [0.1, 0.15) is 79.4 Å². The van der Waals surface area contributed by atoms with E-state index in [-0.39, 0.29) is 18.3 Å². The van der Waals surface area contributed by atoms with Crippen molar-refractivity contribution in [2.75, 3.05) is 13.6 Å². The highest BCUT2D eigenvalue weighted by Crippen LogP contribution is 2.19. The quantitative estimate of drug-likeness (QED) is 0.0893. The zero-order valence-electron chi connectivity index (χ0n) is 26.5. The topological polar surface area (TPSA) is 98.0 Å². The SMILES string of the molecule is CC.CC.CCCN(C)C(=O)/C=C(/N=C(/C)N/C(C)=C(\CC)Oc1cccc(C#N)c1)N(C=O)Cc1ccc(Cl)cc1. The summed E-state index contributed by atoms with van der Waals surface area (Å²) in [6.07, 6.45) is 3.39. The van der Waals surface area contributed by atoms with Crippen LogP contribution in [-0.4, -0.2) is 41.5 Å². The maximum absolute atomic E-state index is 12.8. The van der Waals surface area contributed by atoms with Crippen LogP contribution < -0.4 is 10.1 Å². The minimum Gasteiger partial charge on any atom is -0.460 e. The number of allylic oxidation sites excluding steroid dienone is 2. The molecule has 0 spiro atoms. The van der Waals surface area contributed by atoms with E-state index in [0.717, 1.165) is 12.0 Å². The second kappa shape index (κ2) is 21.6. The van der Waals surface area contributed by atoms with E-state index in [4.69, 9.17) is 21.6 Å². The lowest BCUT2D eigenvalue weighted by Crippen LogP contribution is -2.29. The second-order valence-electron chi connectivity index (χ2n) is 8.59. The maximum atomic E-state index is 12.8. The van der Waals surface area contributed by atoms with Gasteiger partial charge >= 0.3 is 0 Å². The van der Waals surface area contributed by atoms with Gasteiger partial charge < -0.3 is 15.0 Å². The summed E-state index contributed by atoms with van der Waals surface area (Å²) in [5.74, 6) is 1.61. The molecule has 1 N–H and O–H groups in total. The third kappa shape index (κ3) is 13.5. The first kappa shape index (κ1) is 37.9. The molecule has 2 rings (SSSR count).